The summed E-state index contributed by atoms with van der Waals surface area (Å²) in [5.74, 6) is 0.385. The van der Waals surface area contributed by atoms with Gasteiger partial charge in [0.2, 0.25) is 0 Å². The molecule has 0 spiro atoms. The van der Waals surface area contributed by atoms with Crippen molar-refractivity contribution >= 4 is 28.3 Å². The van der Waals surface area contributed by atoms with Crippen LogP contribution in [0.25, 0.3) is 0 Å². The lowest BCUT2D eigenvalue weighted by molar-refractivity contribution is -0.142. The van der Waals surface area contributed by atoms with Gasteiger partial charge in [-0.15, -0.1) is 11.3 Å². The van der Waals surface area contributed by atoms with Crippen LogP contribution in [0.15, 0.2) is 23.6 Å². The number of nitrogens with zero attached hydrogens (tertiary/aromatic N) is 1. The van der Waals surface area contributed by atoms with Crippen molar-refractivity contribution < 1.29 is 19.1 Å². The molecule has 146 valence electrons. The van der Waals surface area contributed by atoms with Crippen LogP contribution in [0, 0.1) is 6.92 Å². The first-order valence-electron chi connectivity index (χ1n) is 8.98. The number of amides is 1. The van der Waals surface area contributed by atoms with Crippen molar-refractivity contribution in [3.8, 4) is 5.75 Å². The summed E-state index contributed by atoms with van der Waals surface area (Å²) in [6.07, 6.45) is -0.588. The van der Waals surface area contributed by atoms with Crippen molar-refractivity contribution in [1.29, 1.82) is 0 Å². The number of thiazole rings is 1. The topological polar surface area (TPSA) is 77.5 Å². The summed E-state index contributed by atoms with van der Waals surface area (Å²) in [6, 6.07) is 6.01. The third-order valence-electron chi connectivity index (χ3n) is 3.88. The lowest BCUT2D eigenvalue weighted by Crippen LogP contribution is -2.30. The van der Waals surface area contributed by atoms with Crippen LogP contribution in [0.3, 0.4) is 0 Å². The molecule has 0 bridgehead atoms. The summed E-state index contributed by atoms with van der Waals surface area (Å²) in [5, 5.41) is 4.91. The monoisotopic (exact) mass is 390 g/mol. The highest BCUT2D eigenvalue weighted by Gasteiger charge is 2.19. The third-order valence-corrected chi connectivity index (χ3v) is 4.68. The van der Waals surface area contributed by atoms with Crippen molar-refractivity contribution in [2.75, 3.05) is 11.9 Å². The number of carbonyl (C=O) groups is 2. The second-order valence-electron chi connectivity index (χ2n) is 6.57. The van der Waals surface area contributed by atoms with Crippen molar-refractivity contribution in [3.05, 3.63) is 40.4 Å². The van der Waals surface area contributed by atoms with E-state index in [1.54, 1.807) is 19.2 Å². The second kappa shape index (κ2) is 9.50. The second-order valence-corrected chi connectivity index (χ2v) is 7.43. The lowest BCUT2D eigenvalue weighted by atomic mass is 10.0. The van der Waals surface area contributed by atoms with Crippen molar-refractivity contribution in [3.63, 3.8) is 0 Å². The van der Waals surface area contributed by atoms with Crippen LogP contribution in [0.1, 0.15) is 50.4 Å². The minimum absolute atomic E-state index is 0.0906. The summed E-state index contributed by atoms with van der Waals surface area (Å²) >= 11 is 1.27. The predicted molar refractivity (Wildman–Crippen MR) is 106 cm³/mol. The molecule has 6 nitrogen and oxygen atoms in total. The normalized spacial score (nSPS) is 11.9. The van der Waals surface area contributed by atoms with Gasteiger partial charge in [0, 0.05) is 5.38 Å². The maximum Gasteiger partial charge on any atom is 0.311 e. The molecule has 1 heterocycles. The first-order chi connectivity index (χ1) is 12.8. The number of aryl methyl sites for hydroxylation is 1. The van der Waals surface area contributed by atoms with Gasteiger partial charge in [0.05, 0.1) is 18.7 Å². The van der Waals surface area contributed by atoms with E-state index in [-0.39, 0.29) is 18.3 Å². The molecule has 7 heteroatoms. The average molecular weight is 391 g/mol. The van der Waals surface area contributed by atoms with Crippen LogP contribution in [-0.2, 0) is 20.7 Å². The van der Waals surface area contributed by atoms with Gasteiger partial charge in [0.15, 0.2) is 11.2 Å². The number of nitrogens with one attached hydrogen (secondary N) is 1. The summed E-state index contributed by atoms with van der Waals surface area (Å²) in [6.45, 7) is 9.95. The fourth-order valence-electron chi connectivity index (χ4n) is 2.48. The molecule has 2 rings (SSSR count). The Kier molecular flexibility index (Phi) is 7.36. The number of esters is 1. The maximum absolute atomic E-state index is 12.5. The molecule has 0 saturated heterocycles. The number of anilines is 1. The van der Waals surface area contributed by atoms with Gasteiger partial charge in [-0.25, -0.2) is 4.98 Å². The van der Waals surface area contributed by atoms with Crippen LogP contribution in [0.4, 0.5) is 5.13 Å². The van der Waals surface area contributed by atoms with Gasteiger partial charge in [-0.05, 0) is 43.9 Å². The van der Waals surface area contributed by atoms with E-state index in [2.05, 4.69) is 24.1 Å². The van der Waals surface area contributed by atoms with Crippen LogP contribution in [0.5, 0.6) is 5.75 Å². The highest BCUT2D eigenvalue weighted by molar-refractivity contribution is 7.13. The zero-order valence-corrected chi connectivity index (χ0v) is 17.2. The number of benzene rings is 1. The fourth-order valence-corrected chi connectivity index (χ4v) is 3.19. The van der Waals surface area contributed by atoms with Gasteiger partial charge in [-0.2, -0.15) is 0 Å². The summed E-state index contributed by atoms with van der Waals surface area (Å²) < 4.78 is 10.8. The first-order valence-corrected chi connectivity index (χ1v) is 9.86. The van der Waals surface area contributed by atoms with E-state index < -0.39 is 6.10 Å². The minimum atomic E-state index is -0.679. The van der Waals surface area contributed by atoms with Gasteiger partial charge in [0.25, 0.3) is 5.91 Å². The van der Waals surface area contributed by atoms with E-state index in [1.807, 2.05) is 25.1 Å². The summed E-state index contributed by atoms with van der Waals surface area (Å²) in [4.78, 5) is 28.2. The molecule has 0 fully saturated rings. The molecule has 1 atom stereocenters. The molecule has 1 unspecified atom stereocenters. The van der Waals surface area contributed by atoms with Crippen molar-refractivity contribution in [2.24, 2.45) is 0 Å². The molecule has 0 radical (unpaired) electrons. The molecule has 1 amide bonds. The SMILES string of the molecule is CCOC(=O)Cc1csc(NC(=O)C(C)Oc2cc(C)ccc2C(C)C)n1. The Labute approximate surface area is 163 Å². The van der Waals surface area contributed by atoms with E-state index in [4.69, 9.17) is 9.47 Å². The zero-order chi connectivity index (χ0) is 20.0. The molecule has 27 heavy (non-hydrogen) atoms. The van der Waals surface area contributed by atoms with Gasteiger partial charge >= 0.3 is 5.97 Å². The molecule has 0 aliphatic heterocycles. The smallest absolute Gasteiger partial charge is 0.311 e. The quantitative estimate of drug-likeness (QED) is 0.687. The molecule has 0 aliphatic carbocycles. The number of rotatable bonds is 8. The molecule has 2 aromatic rings. The van der Waals surface area contributed by atoms with Gasteiger partial charge in [-0.1, -0.05) is 26.0 Å². The summed E-state index contributed by atoms with van der Waals surface area (Å²) in [5.41, 5.74) is 2.71. The van der Waals surface area contributed by atoms with Crippen molar-refractivity contribution in [2.45, 2.75) is 53.1 Å². The van der Waals surface area contributed by atoms with Crippen LogP contribution >= 0.6 is 11.3 Å². The molecule has 0 saturated carbocycles. The van der Waals surface area contributed by atoms with Crippen LogP contribution in [-0.4, -0.2) is 29.6 Å². The first kappa shape index (κ1) is 20.9. The Balaban J connectivity index is 1.99. The number of hydrogen-bond acceptors (Lipinski definition) is 6. The van der Waals surface area contributed by atoms with Crippen molar-refractivity contribution in [1.82, 2.24) is 4.98 Å². The molecule has 1 aromatic heterocycles. The Morgan fingerprint density at radius 3 is 2.67 bits per heavy atom. The van der Waals surface area contributed by atoms with E-state index in [0.717, 1.165) is 16.9 Å². The molecular weight excluding hydrogens is 364 g/mol. The Bertz CT molecular complexity index is 801. The number of ether oxygens (including phenoxy) is 2. The number of carbonyl (C=O) groups excluding carboxylic acids is 2. The third kappa shape index (κ3) is 6.06. The highest BCUT2D eigenvalue weighted by Crippen LogP contribution is 2.28. The largest absolute Gasteiger partial charge is 0.481 e. The van der Waals surface area contributed by atoms with E-state index >= 15 is 0 Å². The zero-order valence-electron chi connectivity index (χ0n) is 16.4. The molecule has 1 aromatic carbocycles. The average Bonchev–Trinajstić information content (AvgIpc) is 3.01. The number of hydrogen-bond donors (Lipinski definition) is 1. The minimum Gasteiger partial charge on any atom is -0.481 e. The Morgan fingerprint density at radius 2 is 2.00 bits per heavy atom. The van der Waals surface area contributed by atoms with Crippen LogP contribution in [0.2, 0.25) is 0 Å². The van der Waals surface area contributed by atoms with Gasteiger partial charge in [0.1, 0.15) is 5.75 Å². The standard InChI is InChI=1S/C20H26N2O4S/c1-6-25-18(23)10-15-11-27-20(21-15)22-19(24)14(5)26-17-9-13(4)7-8-16(17)12(2)3/h7-9,11-12,14H,6,10H2,1-5H3,(H,21,22,24). The van der Waals surface area contributed by atoms with Gasteiger partial charge in [-0.3, -0.25) is 14.9 Å². The Morgan fingerprint density at radius 1 is 1.26 bits per heavy atom. The number of aromatic nitrogens is 1. The van der Waals surface area contributed by atoms with Crippen LogP contribution < -0.4 is 10.1 Å². The predicted octanol–water partition coefficient (Wildman–Crippen LogP) is 4.09. The van der Waals surface area contributed by atoms with E-state index in [9.17, 15) is 9.59 Å². The Hall–Kier alpha value is -2.41. The molecular formula is C20H26N2O4S. The summed E-state index contributed by atoms with van der Waals surface area (Å²) in [7, 11) is 0. The van der Waals surface area contributed by atoms with E-state index in [1.165, 1.54) is 11.3 Å². The van der Waals surface area contributed by atoms with Gasteiger partial charge < -0.3 is 9.47 Å². The fraction of sp³-hybridized carbons (Fsp3) is 0.450. The van der Waals surface area contributed by atoms with E-state index in [0.29, 0.717) is 23.4 Å². The molecule has 0 aliphatic rings. The lowest BCUT2D eigenvalue weighted by Gasteiger charge is -2.19. The molecule has 1 N–H and O–H groups in total. The maximum atomic E-state index is 12.5. The highest BCUT2D eigenvalue weighted by atomic mass is 32.1.